The predicted molar refractivity (Wildman–Crippen MR) is 164 cm³/mol. The minimum absolute atomic E-state index is 0.0133. The van der Waals surface area contributed by atoms with E-state index in [1.807, 2.05) is 20.8 Å². The third kappa shape index (κ3) is 5.06. The molecule has 11 heteroatoms. The van der Waals surface area contributed by atoms with Crippen LogP contribution in [0.5, 0.6) is 5.75 Å². The van der Waals surface area contributed by atoms with Crippen LogP contribution in [0.2, 0.25) is 0 Å². The van der Waals surface area contributed by atoms with E-state index in [4.69, 9.17) is 5.73 Å². The molecule has 248 valence electrons. The standard InChI is InChI=1S/C35H44N2O9/c1-15-16-9-8-12-20(38)24(16)29(41)25-23(15)19(13-21(39)17-10-7-11-18(17)22(40)14-34(2,3)4)27-28(37(5)6)30(42)26(33(36)45)32(44)35(27,46)31(25)43/h8-9,12,15,17-19,23,25-28,38,46H,7,10-11,13-14H2,1-6H3,(H2,36,45)/t15-,17?,18?,19-,23-,25?,26?,27-,28?,35-/m0/s1. The van der Waals surface area contributed by atoms with E-state index in [0.29, 0.717) is 31.2 Å². The zero-order chi connectivity index (χ0) is 34.2. The number of carbonyl (C=O) groups is 7. The quantitative estimate of drug-likeness (QED) is 0.374. The highest BCUT2D eigenvalue weighted by molar-refractivity contribution is 6.32. The summed E-state index contributed by atoms with van der Waals surface area (Å²) in [5, 5.41) is 23.0. The van der Waals surface area contributed by atoms with Crippen molar-refractivity contribution >= 4 is 40.6 Å². The van der Waals surface area contributed by atoms with Crippen LogP contribution in [0.25, 0.3) is 0 Å². The van der Waals surface area contributed by atoms with Crippen molar-refractivity contribution in [3.63, 3.8) is 0 Å². The second-order valence-corrected chi connectivity index (χ2v) is 15.3. The van der Waals surface area contributed by atoms with E-state index < -0.39 is 88.0 Å². The van der Waals surface area contributed by atoms with Crippen molar-refractivity contribution in [1.29, 1.82) is 0 Å². The third-order valence-electron chi connectivity index (χ3n) is 11.0. The van der Waals surface area contributed by atoms with Gasteiger partial charge in [0.05, 0.1) is 17.5 Å². The molecule has 0 bridgehead atoms. The van der Waals surface area contributed by atoms with Gasteiger partial charge in [-0.25, -0.2) is 0 Å². The molecule has 4 N–H and O–H groups in total. The van der Waals surface area contributed by atoms with Crippen LogP contribution in [-0.2, 0) is 28.8 Å². The van der Waals surface area contributed by atoms with E-state index in [1.165, 1.54) is 25.1 Å². The number of primary amides is 1. The van der Waals surface area contributed by atoms with Gasteiger partial charge in [0.2, 0.25) is 5.91 Å². The fourth-order valence-electron chi connectivity index (χ4n) is 9.22. The van der Waals surface area contributed by atoms with Crippen molar-refractivity contribution in [2.75, 3.05) is 14.1 Å². The van der Waals surface area contributed by atoms with Crippen LogP contribution in [0, 0.1) is 46.8 Å². The molecule has 1 aromatic carbocycles. The highest BCUT2D eigenvalue weighted by Crippen LogP contribution is 2.58. The first-order chi connectivity index (χ1) is 21.3. The number of phenolic OH excluding ortho intramolecular Hbond substituents is 1. The number of aliphatic hydroxyl groups is 1. The molecule has 3 saturated carbocycles. The van der Waals surface area contributed by atoms with Crippen molar-refractivity contribution < 1.29 is 43.8 Å². The zero-order valence-corrected chi connectivity index (χ0v) is 27.2. The molecule has 0 aliphatic heterocycles. The van der Waals surface area contributed by atoms with Crippen LogP contribution in [0.1, 0.15) is 81.6 Å². The molecule has 0 radical (unpaired) electrons. The number of rotatable bonds is 7. The smallest absolute Gasteiger partial charge is 0.235 e. The van der Waals surface area contributed by atoms with E-state index in [-0.39, 0.29) is 34.7 Å². The van der Waals surface area contributed by atoms with Gasteiger partial charge in [0.25, 0.3) is 0 Å². The number of aromatic hydroxyl groups is 1. The van der Waals surface area contributed by atoms with Gasteiger partial charge in [-0.2, -0.15) is 0 Å². The fraction of sp³-hybridized carbons (Fsp3) is 0.629. The van der Waals surface area contributed by atoms with Crippen LogP contribution in [0.3, 0.4) is 0 Å². The summed E-state index contributed by atoms with van der Waals surface area (Å²) >= 11 is 0. The molecule has 5 unspecified atom stereocenters. The van der Waals surface area contributed by atoms with Crippen LogP contribution >= 0.6 is 0 Å². The van der Waals surface area contributed by atoms with E-state index in [0.717, 1.165) is 0 Å². The Kier molecular flexibility index (Phi) is 8.51. The summed E-state index contributed by atoms with van der Waals surface area (Å²) in [6.07, 6.45) is 1.67. The number of fused-ring (bicyclic) bond motifs is 3. The first-order valence-electron chi connectivity index (χ1n) is 16.1. The van der Waals surface area contributed by atoms with Crippen LogP contribution in [0.4, 0.5) is 0 Å². The second kappa shape index (κ2) is 11.6. The summed E-state index contributed by atoms with van der Waals surface area (Å²) in [5.41, 5.74) is 2.56. The number of hydrogen-bond acceptors (Lipinski definition) is 10. The van der Waals surface area contributed by atoms with Gasteiger partial charge in [-0.3, -0.25) is 38.5 Å². The maximum absolute atomic E-state index is 14.4. The fourth-order valence-corrected chi connectivity index (χ4v) is 9.22. The lowest BCUT2D eigenvalue weighted by atomic mass is 9.46. The van der Waals surface area contributed by atoms with Gasteiger partial charge in [0.15, 0.2) is 34.7 Å². The molecule has 0 heterocycles. The molecule has 10 atom stereocenters. The number of ketones is 6. The molecule has 3 fully saturated rings. The number of carbonyl (C=O) groups excluding carboxylic acids is 7. The number of nitrogens with two attached hydrogens (primary N) is 1. The Morgan fingerprint density at radius 2 is 1.61 bits per heavy atom. The number of hydrogen-bond donors (Lipinski definition) is 3. The van der Waals surface area contributed by atoms with E-state index in [9.17, 15) is 43.8 Å². The molecular formula is C35H44N2O9. The second-order valence-electron chi connectivity index (χ2n) is 15.3. The Morgan fingerprint density at radius 3 is 2.17 bits per heavy atom. The minimum atomic E-state index is -2.98. The molecule has 0 spiro atoms. The molecule has 5 rings (SSSR count). The van der Waals surface area contributed by atoms with Gasteiger partial charge < -0.3 is 15.9 Å². The normalized spacial score (nSPS) is 35.9. The van der Waals surface area contributed by atoms with Crippen LogP contribution < -0.4 is 5.73 Å². The lowest BCUT2D eigenvalue weighted by Gasteiger charge is -2.57. The highest BCUT2D eigenvalue weighted by atomic mass is 16.3. The molecule has 0 saturated heterocycles. The first-order valence-corrected chi connectivity index (χ1v) is 16.1. The lowest BCUT2D eigenvalue weighted by molar-refractivity contribution is -0.190. The average molecular weight is 637 g/mol. The maximum atomic E-state index is 14.4. The van der Waals surface area contributed by atoms with Gasteiger partial charge in [-0.15, -0.1) is 0 Å². The number of benzene rings is 1. The van der Waals surface area contributed by atoms with Gasteiger partial charge in [-0.1, -0.05) is 46.2 Å². The van der Waals surface area contributed by atoms with Crippen molar-refractivity contribution in [1.82, 2.24) is 4.90 Å². The van der Waals surface area contributed by atoms with Gasteiger partial charge in [0, 0.05) is 30.6 Å². The van der Waals surface area contributed by atoms with Crippen molar-refractivity contribution in [2.45, 2.75) is 77.4 Å². The van der Waals surface area contributed by atoms with Gasteiger partial charge >= 0.3 is 0 Å². The number of phenols is 1. The van der Waals surface area contributed by atoms with Gasteiger partial charge in [0.1, 0.15) is 17.3 Å². The van der Waals surface area contributed by atoms with Crippen LogP contribution in [-0.4, -0.2) is 81.5 Å². The Labute approximate surface area is 268 Å². The summed E-state index contributed by atoms with van der Waals surface area (Å²) in [5.74, 6) is -15.2. The number of Topliss-reactive ketones (excluding diaryl/α,β-unsaturated/α-hetero) is 6. The van der Waals surface area contributed by atoms with E-state index >= 15 is 0 Å². The molecule has 46 heavy (non-hydrogen) atoms. The van der Waals surface area contributed by atoms with Crippen LogP contribution in [0.15, 0.2) is 18.2 Å². The molecule has 1 amide bonds. The van der Waals surface area contributed by atoms with Crippen molar-refractivity contribution in [3.8, 4) is 5.75 Å². The Balaban J connectivity index is 1.68. The van der Waals surface area contributed by atoms with Crippen molar-refractivity contribution in [3.05, 3.63) is 29.3 Å². The average Bonchev–Trinajstić information content (AvgIpc) is 3.44. The lowest BCUT2D eigenvalue weighted by Crippen LogP contribution is -2.76. The number of amides is 1. The monoisotopic (exact) mass is 636 g/mol. The van der Waals surface area contributed by atoms with E-state index in [1.54, 1.807) is 19.1 Å². The predicted octanol–water partition coefficient (Wildman–Crippen LogP) is 2.03. The summed E-state index contributed by atoms with van der Waals surface area (Å²) < 4.78 is 0. The minimum Gasteiger partial charge on any atom is -0.507 e. The molecule has 0 aromatic heterocycles. The summed E-state index contributed by atoms with van der Waals surface area (Å²) in [7, 11) is 3.01. The maximum Gasteiger partial charge on any atom is 0.235 e. The SMILES string of the molecule is C[C@H]1c2cccc(O)c2C(=O)C2C(=O)[C@]3(O)C(=O)C(C(N)=O)C(=O)C(N(C)C)[C@@H]3[C@@H](CC(=O)C3CCCC3C(=O)CC(C)(C)C)[C@@H]21. The Hall–Kier alpha value is -3.57. The Morgan fingerprint density at radius 1 is 1.00 bits per heavy atom. The summed E-state index contributed by atoms with van der Waals surface area (Å²) in [6.45, 7) is 7.61. The molecule has 1 aromatic rings. The zero-order valence-electron chi connectivity index (χ0n) is 27.2. The molecular weight excluding hydrogens is 592 g/mol. The van der Waals surface area contributed by atoms with Crippen molar-refractivity contribution in [2.24, 2.45) is 52.6 Å². The first kappa shape index (κ1) is 33.8. The Bertz CT molecular complexity index is 1540. The molecule has 11 nitrogen and oxygen atoms in total. The number of likely N-dealkylation sites (N-methyl/N-ethyl adjacent to an activating group) is 1. The van der Waals surface area contributed by atoms with E-state index in [2.05, 4.69) is 0 Å². The third-order valence-corrected chi connectivity index (χ3v) is 11.0. The molecule has 4 aliphatic rings. The van der Waals surface area contributed by atoms with Gasteiger partial charge in [-0.05, 0) is 61.7 Å². The topological polar surface area (TPSA) is 189 Å². The number of nitrogens with zero attached hydrogens (tertiary/aromatic N) is 1. The largest absolute Gasteiger partial charge is 0.507 e. The summed E-state index contributed by atoms with van der Waals surface area (Å²) in [4.78, 5) is 97.9. The highest BCUT2D eigenvalue weighted by Gasteiger charge is 2.73. The molecule has 4 aliphatic carbocycles. The summed E-state index contributed by atoms with van der Waals surface area (Å²) in [6, 6.07) is 3.16.